The van der Waals surface area contributed by atoms with Crippen LogP contribution < -0.4 is 30.1 Å². The van der Waals surface area contributed by atoms with Crippen LogP contribution in [0.1, 0.15) is 120 Å². The molecule has 9 heteroatoms. The van der Waals surface area contributed by atoms with Crippen LogP contribution in [0.5, 0.6) is 11.5 Å². The second kappa shape index (κ2) is 17.9. The number of unbranched alkanes of at least 4 members (excludes halogenated alkanes) is 6. The molecule has 0 fully saturated rings. The van der Waals surface area contributed by atoms with Gasteiger partial charge in [0.15, 0.2) is 5.69 Å². The first-order valence-corrected chi connectivity index (χ1v) is 17.9. The number of hydrogen-bond donors (Lipinski definition) is 2. The second-order valence-corrected chi connectivity index (χ2v) is 12.1. The highest BCUT2D eigenvalue weighted by molar-refractivity contribution is 5.95. The van der Waals surface area contributed by atoms with Crippen molar-refractivity contribution in [3.05, 3.63) is 71.3 Å². The van der Waals surface area contributed by atoms with Gasteiger partial charge in [0.05, 0.1) is 13.2 Å². The highest BCUT2D eigenvalue weighted by Crippen LogP contribution is 2.47. The number of carbonyl (C=O) groups is 1. The number of nitrogens with zero attached hydrogens (tertiary/aromatic N) is 4. The molecule has 0 bridgehead atoms. The summed E-state index contributed by atoms with van der Waals surface area (Å²) < 4.78 is 13.4. The Labute approximate surface area is 282 Å². The van der Waals surface area contributed by atoms with Gasteiger partial charge >= 0.3 is 0 Å². The zero-order valence-electron chi connectivity index (χ0n) is 29.5. The number of rotatable bonds is 20. The van der Waals surface area contributed by atoms with Gasteiger partial charge in [0, 0.05) is 73.2 Å². The molecule has 0 unspecified atom stereocenters. The topological polar surface area (TPSA) is 91.8 Å². The number of fused-ring (bicyclic) bond motifs is 1. The van der Waals surface area contributed by atoms with Gasteiger partial charge in [-0.25, -0.2) is 10.4 Å². The molecule has 1 amide bonds. The van der Waals surface area contributed by atoms with E-state index in [4.69, 9.17) is 14.5 Å². The number of hydrazine groups is 1. The van der Waals surface area contributed by atoms with Crippen LogP contribution in [0.25, 0.3) is 0 Å². The van der Waals surface area contributed by atoms with Crippen molar-refractivity contribution in [1.82, 2.24) is 20.8 Å². The molecule has 0 spiro atoms. The first-order chi connectivity index (χ1) is 23.0. The molecule has 0 radical (unpaired) electrons. The monoisotopic (exact) mass is 644 g/mol. The van der Waals surface area contributed by atoms with Crippen molar-refractivity contribution in [2.45, 2.75) is 98.4 Å². The largest absolute Gasteiger partial charge is 0.493 e. The highest BCUT2D eigenvalue weighted by Gasteiger charge is 2.48. The van der Waals surface area contributed by atoms with Gasteiger partial charge in [-0.05, 0) is 52.7 Å². The molecule has 1 aliphatic rings. The fourth-order valence-corrected chi connectivity index (χ4v) is 6.46. The number of hydrogen-bond acceptors (Lipinski definition) is 8. The Balaban J connectivity index is 1.97. The molecule has 3 aromatic rings. The van der Waals surface area contributed by atoms with E-state index in [1.54, 1.807) is 12.4 Å². The number of anilines is 2. The van der Waals surface area contributed by atoms with E-state index in [0.29, 0.717) is 18.9 Å². The Bertz CT molecular complexity index is 1350. The molecule has 0 saturated heterocycles. The van der Waals surface area contributed by atoms with Gasteiger partial charge in [-0.1, -0.05) is 64.5 Å². The smallest absolute Gasteiger partial charge is 0.286 e. The van der Waals surface area contributed by atoms with E-state index >= 15 is 0 Å². The molecule has 2 heterocycles. The maximum Gasteiger partial charge on any atom is 0.286 e. The number of benzene rings is 2. The van der Waals surface area contributed by atoms with Crippen LogP contribution in [-0.2, 0) is 5.54 Å². The van der Waals surface area contributed by atoms with E-state index in [1.807, 2.05) is 0 Å². The van der Waals surface area contributed by atoms with E-state index < -0.39 is 5.54 Å². The summed E-state index contributed by atoms with van der Waals surface area (Å²) in [6, 6.07) is 12.8. The lowest BCUT2D eigenvalue weighted by molar-refractivity contribution is 0.0885. The highest BCUT2D eigenvalue weighted by atomic mass is 16.5. The summed E-state index contributed by atoms with van der Waals surface area (Å²) in [6.07, 6.45) is 12.0. The van der Waals surface area contributed by atoms with Gasteiger partial charge in [-0.15, -0.1) is 0 Å². The van der Waals surface area contributed by atoms with Crippen molar-refractivity contribution < 1.29 is 14.3 Å². The average Bonchev–Trinajstić information content (AvgIpc) is 3.10. The summed E-state index contributed by atoms with van der Waals surface area (Å²) in [4.78, 5) is 27.3. The van der Waals surface area contributed by atoms with Crippen LogP contribution in [0.15, 0.2) is 48.8 Å². The van der Waals surface area contributed by atoms with E-state index in [1.165, 1.54) is 12.8 Å². The predicted molar refractivity (Wildman–Crippen MR) is 192 cm³/mol. The number of nitrogens with one attached hydrogen (secondary N) is 2. The van der Waals surface area contributed by atoms with Gasteiger partial charge in [-0.3, -0.25) is 15.2 Å². The SMILES string of the molecule is CCCCCCOc1cc(N(CC)CC)ccc1C1(c2ccc(N(CC)CC)cc2OCCCCCC)NNC(=O)c2nccnc21. The van der Waals surface area contributed by atoms with Crippen molar-refractivity contribution in [3.63, 3.8) is 0 Å². The number of ether oxygens (including phenoxy) is 2. The van der Waals surface area contributed by atoms with Gasteiger partial charge in [0.2, 0.25) is 0 Å². The van der Waals surface area contributed by atoms with Crippen molar-refractivity contribution in [2.75, 3.05) is 49.2 Å². The van der Waals surface area contributed by atoms with Crippen molar-refractivity contribution in [1.29, 1.82) is 0 Å². The minimum atomic E-state index is -1.14. The fraction of sp³-hybridized carbons (Fsp3) is 0.553. The third kappa shape index (κ3) is 8.18. The number of carbonyl (C=O) groups excluding carboxylic acids is 1. The molecule has 0 aliphatic carbocycles. The second-order valence-electron chi connectivity index (χ2n) is 12.1. The third-order valence-corrected chi connectivity index (χ3v) is 9.14. The lowest BCUT2D eigenvalue weighted by atomic mass is 9.77. The van der Waals surface area contributed by atoms with Gasteiger partial charge in [0.1, 0.15) is 22.7 Å². The van der Waals surface area contributed by atoms with Crippen LogP contribution >= 0.6 is 0 Å². The van der Waals surface area contributed by atoms with E-state index in [0.717, 1.165) is 98.7 Å². The van der Waals surface area contributed by atoms with Crippen LogP contribution in [-0.4, -0.2) is 55.3 Å². The summed E-state index contributed by atoms with van der Waals surface area (Å²) in [5, 5.41) is 0. The van der Waals surface area contributed by atoms with Crippen LogP contribution in [0.2, 0.25) is 0 Å². The molecule has 1 aromatic heterocycles. The minimum absolute atomic E-state index is 0.273. The van der Waals surface area contributed by atoms with E-state index in [2.05, 4.69) is 104 Å². The van der Waals surface area contributed by atoms with Crippen LogP contribution in [0.4, 0.5) is 11.4 Å². The van der Waals surface area contributed by atoms with E-state index in [-0.39, 0.29) is 11.6 Å². The molecule has 1 aliphatic heterocycles. The summed E-state index contributed by atoms with van der Waals surface area (Å²) >= 11 is 0. The molecular weight excluding hydrogens is 588 g/mol. The zero-order chi connectivity index (χ0) is 33.6. The zero-order valence-corrected chi connectivity index (χ0v) is 29.5. The van der Waals surface area contributed by atoms with Crippen LogP contribution in [0, 0.1) is 0 Å². The first kappa shape index (κ1) is 36.0. The molecule has 256 valence electrons. The standard InChI is InChI=1S/C38H56N6O3/c1-7-13-15-17-25-46-33-27-29(43(9-3)10-4)19-21-31(33)38(36-35(37(45)41-42-38)39-23-24-40-36)32-22-20-30(44(11-5)12-6)28-34(32)47-26-18-16-14-8-2/h19-24,27-28,42H,7-18,25-26H2,1-6H3,(H,41,45). The summed E-state index contributed by atoms with van der Waals surface area (Å²) in [7, 11) is 0. The summed E-state index contributed by atoms with van der Waals surface area (Å²) in [5.41, 5.74) is 9.89. The van der Waals surface area contributed by atoms with Gasteiger partial charge in [0.25, 0.3) is 5.91 Å². The van der Waals surface area contributed by atoms with E-state index in [9.17, 15) is 4.79 Å². The molecule has 47 heavy (non-hydrogen) atoms. The molecule has 9 nitrogen and oxygen atoms in total. The summed E-state index contributed by atoms with van der Waals surface area (Å²) in [5.74, 6) is 1.16. The normalized spacial score (nSPS) is 13.5. The number of amides is 1. The quantitative estimate of drug-likeness (QED) is 0.121. The average molecular weight is 645 g/mol. The molecule has 0 saturated carbocycles. The molecule has 2 N–H and O–H groups in total. The molecule has 4 rings (SSSR count). The fourth-order valence-electron chi connectivity index (χ4n) is 6.46. The Hall–Kier alpha value is -3.85. The Morgan fingerprint density at radius 2 is 1.15 bits per heavy atom. The van der Waals surface area contributed by atoms with Crippen molar-refractivity contribution in [3.8, 4) is 11.5 Å². The minimum Gasteiger partial charge on any atom is -0.493 e. The van der Waals surface area contributed by atoms with Gasteiger partial charge < -0.3 is 19.3 Å². The maximum atomic E-state index is 13.2. The first-order valence-electron chi connectivity index (χ1n) is 17.9. The Morgan fingerprint density at radius 3 is 1.62 bits per heavy atom. The maximum absolute atomic E-state index is 13.2. The molecule has 0 atom stereocenters. The predicted octanol–water partition coefficient (Wildman–Crippen LogP) is 7.63. The van der Waals surface area contributed by atoms with Crippen molar-refractivity contribution >= 4 is 17.3 Å². The number of aromatic nitrogens is 2. The third-order valence-electron chi connectivity index (χ3n) is 9.14. The van der Waals surface area contributed by atoms with Crippen LogP contribution in [0.3, 0.4) is 0 Å². The van der Waals surface area contributed by atoms with Crippen molar-refractivity contribution in [2.24, 2.45) is 0 Å². The Kier molecular flexibility index (Phi) is 13.7. The molecular formula is C38H56N6O3. The Morgan fingerprint density at radius 1 is 0.660 bits per heavy atom. The van der Waals surface area contributed by atoms with Gasteiger partial charge in [-0.2, -0.15) is 0 Å². The lowest BCUT2D eigenvalue weighted by Crippen LogP contribution is -2.59. The molecule has 2 aromatic carbocycles. The summed E-state index contributed by atoms with van der Waals surface area (Å²) in [6.45, 7) is 17.8. The lowest BCUT2D eigenvalue weighted by Gasteiger charge is -2.41.